The Balaban J connectivity index is 2.43. The monoisotopic (exact) mass is 293 g/mol. The van der Waals surface area contributed by atoms with E-state index in [2.05, 4.69) is 10.6 Å². The van der Waals surface area contributed by atoms with Crippen LogP contribution in [0.15, 0.2) is 24.3 Å². The van der Waals surface area contributed by atoms with Gasteiger partial charge in [-0.2, -0.15) is 0 Å². The molecular weight excluding hydrogens is 270 g/mol. The number of amides is 3. The average molecular weight is 293 g/mol. The minimum absolute atomic E-state index is 0.0985. The molecule has 0 aliphatic rings. The fourth-order valence-electron chi connectivity index (χ4n) is 1.44. The van der Waals surface area contributed by atoms with E-state index in [1.807, 2.05) is 20.8 Å². The van der Waals surface area contributed by atoms with Crippen molar-refractivity contribution in [2.75, 3.05) is 11.9 Å². The standard InChI is InChI=1S/C15H23N3O3/c1-10(2)11(3)17-15(20)18-12-4-6-13(7-5-12)21-9-8-14(16)19/h4-7,10-11H,8-9H2,1-3H3,(H2,16,19)(H2,17,18,20). The van der Waals surface area contributed by atoms with E-state index < -0.39 is 5.91 Å². The molecule has 3 amide bonds. The van der Waals surface area contributed by atoms with Crippen LogP contribution in [0.5, 0.6) is 5.75 Å². The Morgan fingerprint density at radius 1 is 1.19 bits per heavy atom. The van der Waals surface area contributed by atoms with Gasteiger partial charge >= 0.3 is 6.03 Å². The topological polar surface area (TPSA) is 93.4 Å². The van der Waals surface area contributed by atoms with Crippen molar-refractivity contribution in [3.05, 3.63) is 24.3 Å². The lowest BCUT2D eigenvalue weighted by atomic mass is 10.1. The number of hydrogen-bond acceptors (Lipinski definition) is 3. The Morgan fingerprint density at radius 3 is 2.33 bits per heavy atom. The van der Waals surface area contributed by atoms with Crippen LogP contribution in [0.1, 0.15) is 27.2 Å². The molecule has 0 saturated carbocycles. The van der Waals surface area contributed by atoms with Crippen molar-refractivity contribution in [1.29, 1.82) is 0 Å². The summed E-state index contributed by atoms with van der Waals surface area (Å²) in [6.07, 6.45) is 0.176. The first-order valence-corrected chi connectivity index (χ1v) is 6.97. The first kappa shape index (κ1) is 16.8. The number of hydrogen-bond donors (Lipinski definition) is 3. The van der Waals surface area contributed by atoms with Crippen LogP contribution in [-0.4, -0.2) is 24.6 Å². The zero-order valence-electron chi connectivity index (χ0n) is 12.7. The summed E-state index contributed by atoms with van der Waals surface area (Å²) < 4.78 is 5.34. The molecule has 6 heteroatoms. The minimum atomic E-state index is -0.399. The molecule has 116 valence electrons. The van der Waals surface area contributed by atoms with E-state index >= 15 is 0 Å². The smallest absolute Gasteiger partial charge is 0.319 e. The number of nitrogens with two attached hydrogens (primary N) is 1. The van der Waals surface area contributed by atoms with Gasteiger partial charge in [-0.1, -0.05) is 13.8 Å². The van der Waals surface area contributed by atoms with Crippen LogP contribution in [0.3, 0.4) is 0 Å². The molecule has 0 aromatic heterocycles. The van der Waals surface area contributed by atoms with E-state index in [1.54, 1.807) is 24.3 Å². The maximum atomic E-state index is 11.8. The van der Waals surface area contributed by atoms with Crippen molar-refractivity contribution >= 4 is 17.6 Å². The summed E-state index contributed by atoms with van der Waals surface area (Å²) in [6, 6.07) is 6.78. The third-order valence-corrected chi connectivity index (χ3v) is 3.09. The molecule has 1 aromatic rings. The molecule has 1 unspecified atom stereocenters. The molecule has 6 nitrogen and oxygen atoms in total. The van der Waals surface area contributed by atoms with Gasteiger partial charge in [0.1, 0.15) is 5.75 Å². The number of benzene rings is 1. The summed E-state index contributed by atoms with van der Waals surface area (Å²) in [5, 5.41) is 5.61. The Labute approximate surface area is 125 Å². The van der Waals surface area contributed by atoms with E-state index in [9.17, 15) is 9.59 Å². The van der Waals surface area contributed by atoms with Gasteiger partial charge in [-0.15, -0.1) is 0 Å². The molecule has 0 radical (unpaired) electrons. The quantitative estimate of drug-likeness (QED) is 0.718. The van der Waals surface area contributed by atoms with Gasteiger partial charge in [0.2, 0.25) is 5.91 Å². The minimum Gasteiger partial charge on any atom is -0.493 e. The lowest BCUT2D eigenvalue weighted by Gasteiger charge is -2.17. The molecule has 1 rings (SSSR count). The Morgan fingerprint density at radius 2 is 1.81 bits per heavy atom. The summed E-state index contributed by atoms with van der Waals surface area (Å²) in [5.74, 6) is 0.596. The number of anilines is 1. The van der Waals surface area contributed by atoms with Gasteiger partial charge in [0, 0.05) is 11.7 Å². The Kier molecular flexibility index (Phi) is 6.52. The van der Waals surface area contributed by atoms with Crippen LogP contribution in [-0.2, 0) is 4.79 Å². The molecule has 0 aliphatic carbocycles. The van der Waals surface area contributed by atoms with Crippen LogP contribution >= 0.6 is 0 Å². The average Bonchev–Trinajstić information content (AvgIpc) is 2.40. The van der Waals surface area contributed by atoms with Crippen molar-refractivity contribution in [3.63, 3.8) is 0 Å². The molecular formula is C15H23N3O3. The van der Waals surface area contributed by atoms with E-state index in [-0.39, 0.29) is 25.1 Å². The Bertz CT molecular complexity index is 472. The molecule has 1 atom stereocenters. The van der Waals surface area contributed by atoms with Crippen LogP contribution < -0.4 is 21.1 Å². The number of rotatable bonds is 7. The largest absolute Gasteiger partial charge is 0.493 e. The summed E-state index contributed by atoms with van der Waals surface area (Å²) in [4.78, 5) is 22.3. The zero-order chi connectivity index (χ0) is 15.8. The van der Waals surface area contributed by atoms with Crippen molar-refractivity contribution in [1.82, 2.24) is 5.32 Å². The first-order valence-electron chi connectivity index (χ1n) is 6.97. The fourth-order valence-corrected chi connectivity index (χ4v) is 1.44. The normalized spacial score (nSPS) is 11.8. The molecule has 0 heterocycles. The number of carbonyl (C=O) groups excluding carboxylic acids is 2. The number of nitrogens with one attached hydrogen (secondary N) is 2. The highest BCUT2D eigenvalue weighted by atomic mass is 16.5. The van der Waals surface area contributed by atoms with Gasteiger partial charge < -0.3 is 21.1 Å². The van der Waals surface area contributed by atoms with Gasteiger partial charge in [0.15, 0.2) is 0 Å². The first-order chi connectivity index (χ1) is 9.88. The summed E-state index contributed by atoms with van der Waals surface area (Å²) >= 11 is 0. The van der Waals surface area contributed by atoms with Crippen molar-refractivity contribution < 1.29 is 14.3 Å². The number of carbonyl (C=O) groups is 2. The molecule has 1 aromatic carbocycles. The maximum Gasteiger partial charge on any atom is 0.319 e. The molecule has 0 bridgehead atoms. The van der Waals surface area contributed by atoms with E-state index in [0.29, 0.717) is 17.4 Å². The van der Waals surface area contributed by atoms with Crippen LogP contribution in [0, 0.1) is 5.92 Å². The van der Waals surface area contributed by atoms with E-state index in [0.717, 1.165) is 0 Å². The molecule has 0 aliphatic heterocycles. The lowest BCUT2D eigenvalue weighted by molar-refractivity contribution is -0.118. The SMILES string of the molecule is CC(C)C(C)NC(=O)Nc1ccc(OCCC(N)=O)cc1. The van der Waals surface area contributed by atoms with Gasteiger partial charge in [0.05, 0.1) is 13.0 Å². The number of urea groups is 1. The predicted octanol–water partition coefficient (Wildman–Crippen LogP) is 2.11. The second-order valence-corrected chi connectivity index (χ2v) is 5.22. The molecule has 0 spiro atoms. The van der Waals surface area contributed by atoms with Gasteiger partial charge in [-0.3, -0.25) is 4.79 Å². The van der Waals surface area contributed by atoms with Gasteiger partial charge in [-0.05, 0) is 37.1 Å². The molecule has 4 N–H and O–H groups in total. The zero-order valence-corrected chi connectivity index (χ0v) is 12.7. The van der Waals surface area contributed by atoms with Crippen molar-refractivity contribution in [2.45, 2.75) is 33.2 Å². The van der Waals surface area contributed by atoms with Crippen molar-refractivity contribution in [3.8, 4) is 5.75 Å². The second kappa shape index (κ2) is 8.14. The van der Waals surface area contributed by atoms with Crippen LogP contribution in [0.4, 0.5) is 10.5 Å². The molecule has 0 saturated heterocycles. The molecule has 21 heavy (non-hydrogen) atoms. The van der Waals surface area contributed by atoms with Gasteiger partial charge in [0.25, 0.3) is 0 Å². The second-order valence-electron chi connectivity index (χ2n) is 5.22. The van der Waals surface area contributed by atoms with Crippen molar-refractivity contribution in [2.24, 2.45) is 11.7 Å². The summed E-state index contributed by atoms with van der Waals surface area (Å²) in [6.45, 7) is 6.29. The summed E-state index contributed by atoms with van der Waals surface area (Å²) in [5.41, 5.74) is 5.69. The lowest BCUT2D eigenvalue weighted by Crippen LogP contribution is -2.38. The van der Waals surface area contributed by atoms with Crippen LogP contribution in [0.2, 0.25) is 0 Å². The maximum absolute atomic E-state index is 11.8. The highest BCUT2D eigenvalue weighted by Gasteiger charge is 2.10. The predicted molar refractivity (Wildman–Crippen MR) is 82.2 cm³/mol. The van der Waals surface area contributed by atoms with E-state index in [1.165, 1.54) is 0 Å². The summed E-state index contributed by atoms with van der Waals surface area (Å²) in [7, 11) is 0. The fraction of sp³-hybridized carbons (Fsp3) is 0.467. The molecule has 0 fully saturated rings. The highest BCUT2D eigenvalue weighted by Crippen LogP contribution is 2.15. The third-order valence-electron chi connectivity index (χ3n) is 3.09. The third kappa shape index (κ3) is 6.65. The highest BCUT2D eigenvalue weighted by molar-refractivity contribution is 5.89. The van der Waals surface area contributed by atoms with E-state index in [4.69, 9.17) is 10.5 Å². The Hall–Kier alpha value is -2.24. The number of primary amides is 1. The van der Waals surface area contributed by atoms with Crippen LogP contribution in [0.25, 0.3) is 0 Å². The van der Waals surface area contributed by atoms with Gasteiger partial charge in [-0.25, -0.2) is 4.79 Å². The number of ether oxygens (including phenoxy) is 1.